The molecule has 0 saturated carbocycles. The fraction of sp³-hybridized carbons (Fsp3) is 0.250. The van der Waals surface area contributed by atoms with Crippen LogP contribution in [0.4, 0.5) is 5.69 Å². The van der Waals surface area contributed by atoms with E-state index in [2.05, 4.69) is 9.71 Å². The smallest absolute Gasteiger partial charge is 0.306 e. The van der Waals surface area contributed by atoms with Crippen molar-refractivity contribution in [3.8, 4) is 5.75 Å². The van der Waals surface area contributed by atoms with Gasteiger partial charge in [-0.1, -0.05) is 11.3 Å². The number of hydrogen-bond donors (Lipinski definition) is 2. The summed E-state index contributed by atoms with van der Waals surface area (Å²) in [4.78, 5) is 13.3. The Hall–Kier alpha value is -1.80. The Labute approximate surface area is 120 Å². The molecule has 108 valence electrons. The van der Waals surface area contributed by atoms with Gasteiger partial charge in [-0.15, -0.1) is 0 Å². The molecule has 1 aromatic carbocycles. The highest BCUT2D eigenvalue weighted by Crippen LogP contribution is 2.25. The third-order valence-corrected chi connectivity index (χ3v) is 5.67. The van der Waals surface area contributed by atoms with Crippen molar-refractivity contribution in [2.45, 2.75) is 18.1 Å². The number of sulfonamides is 1. The lowest BCUT2D eigenvalue weighted by molar-refractivity contribution is 0.414. The van der Waals surface area contributed by atoms with Crippen molar-refractivity contribution in [2.24, 2.45) is 0 Å². The topological polar surface area (TPSA) is 88.3 Å². The number of aromatic nitrogens is 1. The average Bonchev–Trinajstić information content (AvgIpc) is 2.71. The molecule has 0 fully saturated rings. The Balaban J connectivity index is 2.38. The van der Waals surface area contributed by atoms with Gasteiger partial charge in [-0.2, -0.15) is 0 Å². The lowest BCUT2D eigenvalue weighted by Crippen LogP contribution is -2.13. The van der Waals surface area contributed by atoms with Gasteiger partial charge in [0.15, 0.2) is 4.21 Å². The Morgan fingerprint density at radius 2 is 2.00 bits per heavy atom. The second kappa shape index (κ2) is 5.29. The van der Waals surface area contributed by atoms with Gasteiger partial charge in [0.1, 0.15) is 5.75 Å². The summed E-state index contributed by atoms with van der Waals surface area (Å²) in [5.41, 5.74) is 1.51. The monoisotopic (exact) mass is 314 g/mol. The molecule has 0 aliphatic carbocycles. The summed E-state index contributed by atoms with van der Waals surface area (Å²) in [6.07, 6.45) is 0. The highest BCUT2D eigenvalue weighted by molar-refractivity contribution is 7.94. The van der Waals surface area contributed by atoms with Gasteiger partial charge in [0, 0.05) is 5.69 Å². The standard InChI is InChI=1S/C12H14N2O4S2/c1-7-6-9(18-3)4-5-10(7)14-20(16,17)11-8(2)13-12(15)19-11/h4-6,14H,1-3H3,(H,13,15). The van der Waals surface area contributed by atoms with Crippen molar-refractivity contribution in [1.82, 2.24) is 4.98 Å². The van der Waals surface area contributed by atoms with Crippen LogP contribution in [-0.4, -0.2) is 20.5 Å². The zero-order chi connectivity index (χ0) is 14.9. The molecule has 2 N–H and O–H groups in total. The van der Waals surface area contributed by atoms with E-state index in [0.29, 0.717) is 28.5 Å². The van der Waals surface area contributed by atoms with Gasteiger partial charge in [0.2, 0.25) is 0 Å². The third kappa shape index (κ3) is 2.86. The molecule has 0 amide bonds. The Bertz CT molecular complexity index is 790. The van der Waals surface area contributed by atoms with Gasteiger partial charge < -0.3 is 9.72 Å². The van der Waals surface area contributed by atoms with E-state index in [-0.39, 0.29) is 4.21 Å². The second-order valence-electron chi connectivity index (χ2n) is 4.21. The van der Waals surface area contributed by atoms with Crippen LogP contribution in [0.1, 0.15) is 11.3 Å². The second-order valence-corrected chi connectivity index (χ2v) is 7.07. The molecule has 1 aromatic heterocycles. The maximum Gasteiger partial charge on any atom is 0.306 e. The maximum absolute atomic E-state index is 12.3. The van der Waals surface area contributed by atoms with Crippen LogP contribution in [0.3, 0.4) is 0 Å². The van der Waals surface area contributed by atoms with Crippen molar-refractivity contribution < 1.29 is 13.2 Å². The Morgan fingerprint density at radius 1 is 1.30 bits per heavy atom. The van der Waals surface area contributed by atoms with E-state index in [1.165, 1.54) is 0 Å². The van der Waals surface area contributed by atoms with Gasteiger partial charge in [0.05, 0.1) is 12.8 Å². The molecule has 8 heteroatoms. The van der Waals surface area contributed by atoms with Gasteiger partial charge >= 0.3 is 4.87 Å². The predicted octanol–water partition coefficient (Wildman–Crippen LogP) is 1.86. The lowest BCUT2D eigenvalue weighted by Gasteiger charge is -2.10. The summed E-state index contributed by atoms with van der Waals surface area (Å²) in [6.45, 7) is 3.32. The Morgan fingerprint density at radius 3 is 2.50 bits per heavy atom. The number of methoxy groups -OCH3 is 1. The van der Waals surface area contributed by atoms with Crippen LogP contribution in [-0.2, 0) is 10.0 Å². The third-order valence-electron chi connectivity index (χ3n) is 2.70. The molecule has 0 aliphatic heterocycles. The van der Waals surface area contributed by atoms with Crippen molar-refractivity contribution in [3.05, 3.63) is 39.1 Å². The first-order valence-corrected chi connectivity index (χ1v) is 8.00. The molecule has 2 rings (SSSR count). The summed E-state index contributed by atoms with van der Waals surface area (Å²) < 4.78 is 32.0. The molecule has 1 heterocycles. The highest BCUT2D eigenvalue weighted by atomic mass is 32.2. The van der Waals surface area contributed by atoms with E-state index < -0.39 is 14.9 Å². The summed E-state index contributed by atoms with van der Waals surface area (Å²) in [5.74, 6) is 0.646. The predicted molar refractivity (Wildman–Crippen MR) is 78.2 cm³/mol. The molecular formula is C12H14N2O4S2. The minimum atomic E-state index is -3.77. The van der Waals surface area contributed by atoms with Crippen LogP contribution < -0.4 is 14.3 Å². The van der Waals surface area contributed by atoms with Gasteiger partial charge in [-0.25, -0.2) is 8.42 Å². The molecule has 0 saturated heterocycles. The molecule has 0 radical (unpaired) electrons. The molecule has 0 atom stereocenters. The molecule has 0 aliphatic rings. The minimum Gasteiger partial charge on any atom is -0.497 e. The van der Waals surface area contributed by atoms with Crippen LogP contribution in [0.2, 0.25) is 0 Å². The number of ether oxygens (including phenoxy) is 1. The van der Waals surface area contributed by atoms with Crippen LogP contribution >= 0.6 is 11.3 Å². The van der Waals surface area contributed by atoms with Crippen LogP contribution in [0.15, 0.2) is 27.2 Å². The van der Waals surface area contributed by atoms with E-state index in [9.17, 15) is 13.2 Å². The largest absolute Gasteiger partial charge is 0.497 e. The number of rotatable bonds is 4. The summed E-state index contributed by atoms with van der Waals surface area (Å²) >= 11 is 0.668. The SMILES string of the molecule is COc1ccc(NS(=O)(=O)c2sc(=O)[nH]c2C)c(C)c1. The van der Waals surface area contributed by atoms with E-state index in [1.807, 2.05) is 0 Å². The first kappa shape index (κ1) is 14.6. The summed E-state index contributed by atoms with van der Waals surface area (Å²) in [7, 11) is -2.23. The number of aryl methyl sites for hydroxylation is 2. The van der Waals surface area contributed by atoms with Crippen molar-refractivity contribution in [3.63, 3.8) is 0 Å². The quantitative estimate of drug-likeness (QED) is 0.901. The first-order chi connectivity index (χ1) is 9.33. The molecule has 0 bridgehead atoms. The number of benzene rings is 1. The molecular weight excluding hydrogens is 300 g/mol. The average molecular weight is 314 g/mol. The summed E-state index contributed by atoms with van der Waals surface area (Å²) in [6, 6.07) is 5.01. The van der Waals surface area contributed by atoms with Crippen molar-refractivity contribution in [2.75, 3.05) is 11.8 Å². The molecule has 0 unspecified atom stereocenters. The zero-order valence-corrected chi connectivity index (χ0v) is 12.8. The van der Waals surface area contributed by atoms with E-state index in [1.54, 1.807) is 39.2 Å². The van der Waals surface area contributed by atoms with E-state index in [0.717, 1.165) is 5.56 Å². The molecule has 0 spiro atoms. The number of thiazole rings is 1. The molecule has 2 aromatic rings. The number of hydrogen-bond acceptors (Lipinski definition) is 5. The minimum absolute atomic E-state index is 0.00211. The fourth-order valence-corrected chi connectivity index (χ4v) is 4.15. The van der Waals surface area contributed by atoms with Crippen LogP contribution in [0.25, 0.3) is 0 Å². The van der Waals surface area contributed by atoms with Crippen LogP contribution in [0, 0.1) is 13.8 Å². The van der Waals surface area contributed by atoms with E-state index >= 15 is 0 Å². The van der Waals surface area contributed by atoms with Gasteiger partial charge in [-0.3, -0.25) is 9.52 Å². The zero-order valence-electron chi connectivity index (χ0n) is 11.2. The highest BCUT2D eigenvalue weighted by Gasteiger charge is 2.21. The lowest BCUT2D eigenvalue weighted by atomic mass is 10.2. The number of aromatic amines is 1. The maximum atomic E-state index is 12.3. The van der Waals surface area contributed by atoms with Crippen molar-refractivity contribution >= 4 is 27.0 Å². The molecule has 20 heavy (non-hydrogen) atoms. The van der Waals surface area contributed by atoms with E-state index in [4.69, 9.17) is 4.74 Å². The van der Waals surface area contributed by atoms with Crippen molar-refractivity contribution in [1.29, 1.82) is 0 Å². The number of anilines is 1. The normalized spacial score (nSPS) is 11.3. The summed E-state index contributed by atoms with van der Waals surface area (Å²) in [5, 5.41) is 0. The Kier molecular flexibility index (Phi) is 3.87. The van der Waals surface area contributed by atoms with Gasteiger partial charge in [-0.05, 0) is 37.6 Å². The fourth-order valence-electron chi connectivity index (χ4n) is 1.72. The first-order valence-electron chi connectivity index (χ1n) is 5.70. The molecule has 6 nitrogen and oxygen atoms in total. The number of nitrogens with one attached hydrogen (secondary N) is 2. The number of H-pyrrole nitrogens is 1. The van der Waals surface area contributed by atoms with Gasteiger partial charge in [0.25, 0.3) is 10.0 Å². The van der Waals surface area contributed by atoms with Crippen LogP contribution in [0.5, 0.6) is 5.75 Å².